The van der Waals surface area contributed by atoms with E-state index in [0.717, 1.165) is 64.2 Å². The standard InChI is InChI=1S/C39H78N2O7/c1-6-11-15-18-19-20-23-27-36(26-22-17-13-8-3)48-39(45)46-33-31-40(30-32-42)28-29-41(10-5)37(43)38(44)47-34-35(24-14-9-4)25-21-16-12-7-2/h35-37,42-43H,6-34H2,1-5H3. The van der Waals surface area contributed by atoms with E-state index in [4.69, 9.17) is 14.2 Å². The molecule has 0 aliphatic heterocycles. The Balaban J connectivity index is 4.75. The summed E-state index contributed by atoms with van der Waals surface area (Å²) in [7, 11) is 0. The van der Waals surface area contributed by atoms with E-state index < -0.39 is 18.4 Å². The van der Waals surface area contributed by atoms with Gasteiger partial charge in [0.1, 0.15) is 12.7 Å². The van der Waals surface area contributed by atoms with Gasteiger partial charge >= 0.3 is 12.1 Å². The van der Waals surface area contributed by atoms with Crippen LogP contribution >= 0.6 is 0 Å². The first-order valence-corrected chi connectivity index (χ1v) is 20.1. The second kappa shape index (κ2) is 34.0. The van der Waals surface area contributed by atoms with Gasteiger partial charge in [-0.1, -0.05) is 131 Å². The fraction of sp³-hybridized carbons (Fsp3) is 0.949. The summed E-state index contributed by atoms with van der Waals surface area (Å²) in [6.07, 6.45) is 21.9. The Kier molecular flexibility index (Phi) is 33.0. The van der Waals surface area contributed by atoms with Crippen molar-refractivity contribution in [2.75, 3.05) is 52.5 Å². The van der Waals surface area contributed by atoms with Crippen molar-refractivity contribution in [3.8, 4) is 0 Å². The predicted octanol–water partition coefficient (Wildman–Crippen LogP) is 8.87. The van der Waals surface area contributed by atoms with Gasteiger partial charge in [0, 0.05) is 26.2 Å². The molecule has 0 saturated carbocycles. The zero-order valence-corrected chi connectivity index (χ0v) is 32.1. The number of esters is 1. The van der Waals surface area contributed by atoms with Crippen LogP contribution in [0.25, 0.3) is 0 Å². The number of likely N-dealkylation sites (N-methyl/N-ethyl adjacent to an activating group) is 1. The molecule has 0 aliphatic rings. The van der Waals surface area contributed by atoms with E-state index in [2.05, 4.69) is 27.7 Å². The maximum atomic E-state index is 12.8. The lowest BCUT2D eigenvalue weighted by atomic mass is 9.96. The van der Waals surface area contributed by atoms with Crippen LogP contribution in [-0.4, -0.2) is 97.0 Å². The van der Waals surface area contributed by atoms with Crippen molar-refractivity contribution in [2.24, 2.45) is 5.92 Å². The summed E-state index contributed by atoms with van der Waals surface area (Å²) in [6, 6.07) is 0. The number of aliphatic hydroxyl groups excluding tert-OH is 2. The number of unbranched alkanes of at least 4 members (excludes halogenated alkanes) is 13. The summed E-state index contributed by atoms with van der Waals surface area (Å²) >= 11 is 0. The number of nitrogens with zero attached hydrogens (tertiary/aromatic N) is 2. The molecule has 0 radical (unpaired) electrons. The monoisotopic (exact) mass is 687 g/mol. The SMILES string of the molecule is CCCCCCCCCC(CCCCCC)OC(=O)OCCN(CCO)CCN(CC)C(O)C(=O)OCC(CCCC)CCCCCC. The zero-order valence-electron chi connectivity index (χ0n) is 32.1. The molecule has 2 N–H and O–H groups in total. The molecule has 0 aromatic carbocycles. The van der Waals surface area contributed by atoms with Crippen LogP contribution in [0.3, 0.4) is 0 Å². The Morgan fingerprint density at radius 3 is 1.69 bits per heavy atom. The second-order valence-electron chi connectivity index (χ2n) is 13.7. The molecule has 0 aliphatic carbocycles. The van der Waals surface area contributed by atoms with Crippen molar-refractivity contribution < 1.29 is 34.0 Å². The van der Waals surface area contributed by atoms with Crippen LogP contribution in [0, 0.1) is 5.92 Å². The Morgan fingerprint density at radius 2 is 1.12 bits per heavy atom. The number of hydrogen-bond donors (Lipinski definition) is 2. The summed E-state index contributed by atoms with van der Waals surface area (Å²) < 4.78 is 16.8. The average Bonchev–Trinajstić information content (AvgIpc) is 3.08. The smallest absolute Gasteiger partial charge is 0.462 e. The minimum atomic E-state index is -1.34. The van der Waals surface area contributed by atoms with E-state index >= 15 is 0 Å². The van der Waals surface area contributed by atoms with Gasteiger partial charge in [0.2, 0.25) is 6.23 Å². The van der Waals surface area contributed by atoms with Crippen molar-refractivity contribution in [3.05, 3.63) is 0 Å². The van der Waals surface area contributed by atoms with Crippen molar-refractivity contribution in [1.29, 1.82) is 0 Å². The Labute approximate surface area is 295 Å². The number of carbonyl (C=O) groups excluding carboxylic acids is 2. The van der Waals surface area contributed by atoms with Gasteiger partial charge in [0.25, 0.3) is 0 Å². The van der Waals surface area contributed by atoms with Crippen LogP contribution in [0.2, 0.25) is 0 Å². The molecule has 0 heterocycles. The molecule has 9 nitrogen and oxygen atoms in total. The molecule has 3 unspecified atom stereocenters. The van der Waals surface area contributed by atoms with Gasteiger partial charge in [-0.3, -0.25) is 9.80 Å². The molecule has 0 fully saturated rings. The summed E-state index contributed by atoms with van der Waals surface area (Å²) in [5.41, 5.74) is 0. The van der Waals surface area contributed by atoms with Crippen molar-refractivity contribution >= 4 is 12.1 Å². The van der Waals surface area contributed by atoms with E-state index in [0.29, 0.717) is 45.2 Å². The van der Waals surface area contributed by atoms with E-state index in [9.17, 15) is 19.8 Å². The van der Waals surface area contributed by atoms with Crippen LogP contribution in [0.15, 0.2) is 0 Å². The lowest BCUT2D eigenvalue weighted by molar-refractivity contribution is -0.166. The van der Waals surface area contributed by atoms with Gasteiger partial charge in [-0.05, 0) is 51.0 Å². The first-order chi connectivity index (χ1) is 23.4. The third kappa shape index (κ3) is 26.4. The average molecular weight is 687 g/mol. The molecule has 0 spiro atoms. The van der Waals surface area contributed by atoms with Gasteiger partial charge in [-0.2, -0.15) is 0 Å². The highest BCUT2D eigenvalue weighted by atomic mass is 16.7. The molecule has 0 bridgehead atoms. The molecule has 9 heteroatoms. The largest absolute Gasteiger partial charge is 0.508 e. The molecule has 48 heavy (non-hydrogen) atoms. The van der Waals surface area contributed by atoms with E-state index in [1.807, 2.05) is 11.8 Å². The lowest BCUT2D eigenvalue weighted by Gasteiger charge is -2.29. The van der Waals surface area contributed by atoms with Crippen LogP contribution in [0.1, 0.15) is 169 Å². The number of rotatable bonds is 35. The van der Waals surface area contributed by atoms with Gasteiger partial charge in [0.15, 0.2) is 0 Å². The molecule has 0 aromatic rings. The minimum absolute atomic E-state index is 0.0448. The first-order valence-electron chi connectivity index (χ1n) is 20.1. The molecule has 286 valence electrons. The maximum absolute atomic E-state index is 12.8. The normalized spacial score (nSPS) is 13.5. The predicted molar refractivity (Wildman–Crippen MR) is 197 cm³/mol. The molecule has 0 saturated heterocycles. The fourth-order valence-electron chi connectivity index (χ4n) is 6.11. The van der Waals surface area contributed by atoms with Crippen molar-refractivity contribution in [1.82, 2.24) is 9.80 Å². The van der Waals surface area contributed by atoms with Gasteiger partial charge in [-0.25, -0.2) is 9.59 Å². The summed E-state index contributed by atoms with van der Waals surface area (Å²) in [6.45, 7) is 13.3. The van der Waals surface area contributed by atoms with Crippen LogP contribution < -0.4 is 0 Å². The van der Waals surface area contributed by atoms with Crippen molar-refractivity contribution in [3.63, 3.8) is 0 Å². The zero-order chi connectivity index (χ0) is 35.7. The van der Waals surface area contributed by atoms with E-state index in [1.165, 1.54) is 70.6 Å². The fourth-order valence-corrected chi connectivity index (χ4v) is 6.11. The van der Waals surface area contributed by atoms with Crippen molar-refractivity contribution in [2.45, 2.75) is 182 Å². The highest BCUT2D eigenvalue weighted by molar-refractivity contribution is 5.73. The van der Waals surface area contributed by atoms with Crippen LogP contribution in [0.5, 0.6) is 0 Å². The number of hydrogen-bond acceptors (Lipinski definition) is 9. The minimum Gasteiger partial charge on any atom is -0.462 e. The number of carbonyl (C=O) groups is 2. The number of ether oxygens (including phenoxy) is 3. The third-order valence-electron chi connectivity index (χ3n) is 9.38. The topological polar surface area (TPSA) is 109 Å². The Bertz CT molecular complexity index is 726. The molecule has 0 aromatic heterocycles. The summed E-state index contributed by atoms with van der Waals surface area (Å²) in [4.78, 5) is 29.1. The lowest BCUT2D eigenvalue weighted by Crippen LogP contribution is -2.46. The second-order valence-corrected chi connectivity index (χ2v) is 13.7. The molecular formula is C39H78N2O7. The van der Waals surface area contributed by atoms with E-state index in [1.54, 1.807) is 4.90 Å². The first kappa shape index (κ1) is 46.6. The van der Waals surface area contributed by atoms with Gasteiger partial charge in [-0.15, -0.1) is 0 Å². The third-order valence-corrected chi connectivity index (χ3v) is 9.38. The van der Waals surface area contributed by atoms with Gasteiger partial charge < -0.3 is 24.4 Å². The maximum Gasteiger partial charge on any atom is 0.508 e. The molecule has 0 rings (SSSR count). The Morgan fingerprint density at radius 1 is 0.604 bits per heavy atom. The van der Waals surface area contributed by atoms with Crippen LogP contribution in [-0.2, 0) is 19.0 Å². The quantitative estimate of drug-likeness (QED) is 0.0384. The van der Waals surface area contributed by atoms with Crippen LogP contribution in [0.4, 0.5) is 4.79 Å². The highest BCUT2D eigenvalue weighted by Crippen LogP contribution is 2.19. The summed E-state index contributed by atoms with van der Waals surface area (Å²) in [5, 5.41) is 20.4. The highest BCUT2D eigenvalue weighted by Gasteiger charge is 2.25. The molecule has 0 amide bonds. The van der Waals surface area contributed by atoms with Gasteiger partial charge in [0.05, 0.1) is 13.2 Å². The summed E-state index contributed by atoms with van der Waals surface area (Å²) in [5.74, 6) is -0.274. The molecule has 3 atom stereocenters. The number of aliphatic hydroxyl groups is 2. The van der Waals surface area contributed by atoms with E-state index in [-0.39, 0.29) is 19.3 Å². The Hall–Kier alpha value is -1.42. The molecular weight excluding hydrogens is 608 g/mol.